The lowest BCUT2D eigenvalue weighted by Gasteiger charge is -2.37. The van der Waals surface area contributed by atoms with Gasteiger partial charge in [0.2, 0.25) is 5.91 Å². The summed E-state index contributed by atoms with van der Waals surface area (Å²) in [5.41, 5.74) is 0.610. The van der Waals surface area contributed by atoms with Crippen LogP contribution in [0.25, 0.3) is 0 Å². The van der Waals surface area contributed by atoms with E-state index in [1.54, 1.807) is 41.4 Å². The van der Waals surface area contributed by atoms with Crippen molar-refractivity contribution in [1.82, 2.24) is 14.6 Å². The van der Waals surface area contributed by atoms with Crippen molar-refractivity contribution in [3.05, 3.63) is 76.2 Å². The molecule has 1 aromatic carbocycles. The number of piperazine rings is 1. The second-order valence-electron chi connectivity index (χ2n) is 7.02. The van der Waals surface area contributed by atoms with E-state index in [0.717, 1.165) is 17.2 Å². The van der Waals surface area contributed by atoms with Crippen LogP contribution in [0.2, 0.25) is 0 Å². The minimum absolute atomic E-state index is 0.160. The molecule has 0 aliphatic carbocycles. The van der Waals surface area contributed by atoms with Crippen molar-refractivity contribution in [2.45, 2.75) is 10.3 Å². The van der Waals surface area contributed by atoms with E-state index in [9.17, 15) is 13.2 Å². The van der Waals surface area contributed by atoms with E-state index < -0.39 is 16.1 Å². The van der Waals surface area contributed by atoms with E-state index in [0.29, 0.717) is 35.5 Å². The molecule has 3 heterocycles. The Kier molecular flexibility index (Phi) is 6.71. The predicted octanol–water partition coefficient (Wildman–Crippen LogP) is 3.27. The molecule has 3 aromatic rings. The molecule has 0 unspecified atom stereocenters. The molecule has 0 radical (unpaired) electrons. The summed E-state index contributed by atoms with van der Waals surface area (Å²) < 4.78 is 29.4. The number of nitrogens with one attached hydrogen (secondary N) is 1. The number of aromatic nitrogens is 1. The number of anilines is 1. The number of pyridine rings is 1. The summed E-state index contributed by atoms with van der Waals surface area (Å²) in [7, 11) is -3.85. The second-order valence-corrected chi connectivity index (χ2v) is 11.4. The van der Waals surface area contributed by atoms with Gasteiger partial charge in [-0.25, -0.2) is 13.4 Å². The number of carbonyl (C=O) groups excluding carboxylic acids is 1. The lowest BCUT2D eigenvalue weighted by molar-refractivity contribution is -0.133. The largest absolute Gasteiger partial charge is 0.353 e. The van der Waals surface area contributed by atoms with Gasteiger partial charge >= 0.3 is 0 Å². The molecular formula is C21H21BrN4O3S2. The molecule has 1 aliphatic rings. The van der Waals surface area contributed by atoms with Crippen molar-refractivity contribution in [1.29, 1.82) is 0 Å². The van der Waals surface area contributed by atoms with Crippen LogP contribution in [-0.2, 0) is 14.8 Å². The molecule has 1 fully saturated rings. The Bertz CT molecular complexity index is 1130. The molecule has 0 bridgehead atoms. The lowest BCUT2D eigenvalue weighted by Crippen LogP contribution is -2.52. The first kappa shape index (κ1) is 21.9. The van der Waals surface area contributed by atoms with Crippen LogP contribution in [0.15, 0.2) is 74.9 Å². The minimum Gasteiger partial charge on any atom is -0.353 e. The highest BCUT2D eigenvalue weighted by Gasteiger charge is 2.33. The van der Waals surface area contributed by atoms with Crippen LogP contribution < -0.4 is 9.62 Å². The van der Waals surface area contributed by atoms with E-state index in [4.69, 9.17) is 0 Å². The van der Waals surface area contributed by atoms with Gasteiger partial charge < -0.3 is 9.80 Å². The van der Waals surface area contributed by atoms with Gasteiger partial charge in [-0.05, 0) is 45.8 Å². The van der Waals surface area contributed by atoms with Gasteiger partial charge in [-0.3, -0.25) is 4.79 Å². The van der Waals surface area contributed by atoms with Crippen molar-refractivity contribution in [3.8, 4) is 0 Å². The maximum atomic E-state index is 13.4. The molecular weight excluding hydrogens is 500 g/mol. The van der Waals surface area contributed by atoms with Crippen molar-refractivity contribution in [2.24, 2.45) is 0 Å². The topological polar surface area (TPSA) is 82.6 Å². The molecule has 4 rings (SSSR count). The summed E-state index contributed by atoms with van der Waals surface area (Å²) in [5.74, 6) is 0.615. The quantitative estimate of drug-likeness (QED) is 0.539. The van der Waals surface area contributed by atoms with E-state index >= 15 is 0 Å². The zero-order chi connectivity index (χ0) is 21.8. The average Bonchev–Trinajstić information content (AvgIpc) is 3.26. The van der Waals surface area contributed by atoms with Crippen LogP contribution in [-0.4, -0.2) is 50.4 Å². The van der Waals surface area contributed by atoms with Gasteiger partial charge in [-0.15, -0.1) is 11.3 Å². The Morgan fingerprint density at radius 1 is 1.00 bits per heavy atom. The second kappa shape index (κ2) is 9.47. The first-order chi connectivity index (χ1) is 14.9. The van der Waals surface area contributed by atoms with Gasteiger partial charge in [0, 0.05) is 32.4 Å². The van der Waals surface area contributed by atoms with Gasteiger partial charge in [0.05, 0.1) is 3.79 Å². The fraction of sp³-hybridized carbons (Fsp3) is 0.238. The predicted molar refractivity (Wildman–Crippen MR) is 125 cm³/mol. The number of halogens is 1. The molecule has 2 aromatic heterocycles. The summed E-state index contributed by atoms with van der Waals surface area (Å²) in [4.78, 5) is 21.6. The standard InChI is InChI=1S/C21H21BrN4O3S2/c22-17-9-10-19(30-17)31(28,29)24-20(16-6-2-1-3-7-16)21(27)26-14-12-25(13-15-26)18-8-4-5-11-23-18/h1-11,20,24H,12-15H2/t20-/m1/s1. The molecule has 7 nitrogen and oxygen atoms in total. The monoisotopic (exact) mass is 520 g/mol. The number of rotatable bonds is 6. The summed E-state index contributed by atoms with van der Waals surface area (Å²) in [6.45, 7) is 2.25. The number of thiophene rings is 1. The fourth-order valence-electron chi connectivity index (χ4n) is 3.44. The van der Waals surface area contributed by atoms with Crippen LogP contribution in [0.5, 0.6) is 0 Å². The van der Waals surface area contributed by atoms with E-state index in [1.807, 2.05) is 24.3 Å². The van der Waals surface area contributed by atoms with E-state index in [1.165, 1.54) is 6.07 Å². The maximum absolute atomic E-state index is 13.4. The Morgan fingerprint density at radius 3 is 2.32 bits per heavy atom. The molecule has 31 heavy (non-hydrogen) atoms. The SMILES string of the molecule is O=C([C@H](NS(=O)(=O)c1ccc(Br)s1)c1ccccc1)N1CCN(c2ccccn2)CC1. The number of nitrogens with zero attached hydrogens (tertiary/aromatic N) is 3. The average molecular weight is 521 g/mol. The maximum Gasteiger partial charge on any atom is 0.251 e. The first-order valence-electron chi connectivity index (χ1n) is 9.71. The van der Waals surface area contributed by atoms with Gasteiger partial charge in [0.25, 0.3) is 10.0 Å². The van der Waals surface area contributed by atoms with Crippen molar-refractivity contribution < 1.29 is 13.2 Å². The highest BCUT2D eigenvalue weighted by Crippen LogP contribution is 2.28. The molecule has 1 atom stereocenters. The van der Waals surface area contributed by atoms with Crippen LogP contribution in [0.1, 0.15) is 11.6 Å². The molecule has 0 saturated carbocycles. The summed E-state index contributed by atoms with van der Waals surface area (Å²) in [6.07, 6.45) is 1.75. The molecule has 1 saturated heterocycles. The number of amides is 1. The molecule has 1 amide bonds. The lowest BCUT2D eigenvalue weighted by atomic mass is 10.1. The first-order valence-corrected chi connectivity index (χ1v) is 12.8. The van der Waals surface area contributed by atoms with Crippen molar-refractivity contribution in [2.75, 3.05) is 31.1 Å². The van der Waals surface area contributed by atoms with E-state index in [-0.39, 0.29) is 10.1 Å². The summed E-state index contributed by atoms with van der Waals surface area (Å²) in [5, 5.41) is 0. The number of hydrogen-bond donors (Lipinski definition) is 1. The smallest absolute Gasteiger partial charge is 0.251 e. The molecule has 1 aliphatic heterocycles. The number of sulfonamides is 1. The molecule has 10 heteroatoms. The van der Waals surface area contributed by atoms with E-state index in [2.05, 4.69) is 30.5 Å². The summed E-state index contributed by atoms with van der Waals surface area (Å²) >= 11 is 4.40. The zero-order valence-corrected chi connectivity index (χ0v) is 19.7. The fourth-order valence-corrected chi connectivity index (χ4v) is 6.65. The number of hydrogen-bond acceptors (Lipinski definition) is 6. The van der Waals surface area contributed by atoms with Gasteiger partial charge in [0.1, 0.15) is 16.1 Å². The third-order valence-electron chi connectivity index (χ3n) is 5.03. The van der Waals surface area contributed by atoms with Gasteiger partial charge in [-0.1, -0.05) is 36.4 Å². The highest BCUT2D eigenvalue weighted by molar-refractivity contribution is 9.11. The van der Waals surface area contributed by atoms with Crippen LogP contribution in [0.4, 0.5) is 5.82 Å². The Morgan fingerprint density at radius 2 is 1.71 bits per heavy atom. The molecule has 0 spiro atoms. The Balaban J connectivity index is 1.53. The Labute approximate surface area is 193 Å². The van der Waals surface area contributed by atoms with Gasteiger partial charge in [-0.2, -0.15) is 4.72 Å². The van der Waals surface area contributed by atoms with Gasteiger partial charge in [0.15, 0.2) is 0 Å². The third-order valence-corrected chi connectivity index (χ3v) is 8.57. The third kappa shape index (κ3) is 5.15. The van der Waals surface area contributed by atoms with Crippen LogP contribution in [0.3, 0.4) is 0 Å². The van der Waals surface area contributed by atoms with Crippen LogP contribution >= 0.6 is 27.3 Å². The Hall–Kier alpha value is -2.27. The zero-order valence-electron chi connectivity index (χ0n) is 16.5. The number of carbonyl (C=O) groups is 1. The number of benzene rings is 1. The van der Waals surface area contributed by atoms with Crippen molar-refractivity contribution in [3.63, 3.8) is 0 Å². The summed E-state index contributed by atoms with van der Waals surface area (Å²) in [6, 6.07) is 16.9. The minimum atomic E-state index is -3.85. The van der Waals surface area contributed by atoms with Crippen LogP contribution in [0, 0.1) is 0 Å². The van der Waals surface area contributed by atoms with Crippen molar-refractivity contribution >= 4 is 49.0 Å². The normalized spacial score (nSPS) is 15.6. The molecule has 1 N–H and O–H groups in total. The molecule has 162 valence electrons. The highest BCUT2D eigenvalue weighted by atomic mass is 79.9.